The third-order valence-corrected chi connectivity index (χ3v) is 6.26. The Balaban J connectivity index is 1.32. The van der Waals surface area contributed by atoms with Crippen molar-refractivity contribution in [2.24, 2.45) is 0 Å². The minimum absolute atomic E-state index is 0.00186. The summed E-state index contributed by atoms with van der Waals surface area (Å²) < 4.78 is 0. The lowest BCUT2D eigenvalue weighted by Crippen LogP contribution is -2.43. The van der Waals surface area contributed by atoms with Crippen molar-refractivity contribution < 1.29 is 4.79 Å². The van der Waals surface area contributed by atoms with Crippen molar-refractivity contribution in [1.82, 2.24) is 10.2 Å². The Bertz CT molecular complexity index is 760. The van der Waals surface area contributed by atoms with Gasteiger partial charge >= 0.3 is 0 Å². The average molecular weight is 378 g/mol. The summed E-state index contributed by atoms with van der Waals surface area (Å²) in [5.74, 6) is -0.0179. The average Bonchev–Trinajstić information content (AvgIpc) is 3.29. The van der Waals surface area contributed by atoms with Crippen LogP contribution >= 0.6 is 0 Å². The summed E-state index contributed by atoms with van der Waals surface area (Å²) in [6.07, 6.45) is 5.23. The molecule has 2 aliphatic rings. The Morgan fingerprint density at radius 1 is 0.929 bits per heavy atom. The monoisotopic (exact) mass is 377 g/mol. The second-order valence-electron chi connectivity index (χ2n) is 8.11. The molecule has 148 valence electrons. The highest BCUT2D eigenvalue weighted by molar-refractivity contribution is 5.94. The second kappa shape index (κ2) is 8.78. The summed E-state index contributed by atoms with van der Waals surface area (Å²) in [4.78, 5) is 17.7. The van der Waals surface area contributed by atoms with Crippen LogP contribution in [0.15, 0.2) is 54.6 Å². The summed E-state index contributed by atoms with van der Waals surface area (Å²) in [7, 11) is 0. The zero-order valence-electron chi connectivity index (χ0n) is 16.8. The Morgan fingerprint density at radius 3 is 2.21 bits per heavy atom. The summed E-state index contributed by atoms with van der Waals surface area (Å²) in [6.45, 7) is 6.81. The summed E-state index contributed by atoms with van der Waals surface area (Å²) >= 11 is 0. The summed E-state index contributed by atoms with van der Waals surface area (Å²) in [6, 6.07) is 18.9. The lowest BCUT2D eigenvalue weighted by Gasteiger charge is -2.37. The van der Waals surface area contributed by atoms with Crippen molar-refractivity contribution in [2.75, 3.05) is 31.1 Å². The molecule has 0 bridgehead atoms. The number of piperidine rings is 1. The Labute approximate surface area is 168 Å². The topological polar surface area (TPSA) is 35.6 Å². The van der Waals surface area contributed by atoms with Gasteiger partial charge in [0, 0.05) is 30.4 Å². The lowest BCUT2D eigenvalue weighted by atomic mass is 10.0. The predicted octanol–water partition coefficient (Wildman–Crippen LogP) is 4.24. The molecule has 1 atom stereocenters. The first-order valence-corrected chi connectivity index (χ1v) is 10.7. The molecule has 4 nitrogen and oxygen atoms in total. The van der Waals surface area contributed by atoms with E-state index in [9.17, 15) is 4.79 Å². The highest BCUT2D eigenvalue weighted by Crippen LogP contribution is 2.25. The fourth-order valence-electron chi connectivity index (χ4n) is 4.52. The molecule has 2 aliphatic heterocycles. The van der Waals surface area contributed by atoms with E-state index in [1.165, 1.54) is 44.5 Å². The molecule has 0 spiro atoms. The number of benzene rings is 2. The number of likely N-dealkylation sites (tertiary alicyclic amines) is 1. The van der Waals surface area contributed by atoms with E-state index in [0.29, 0.717) is 0 Å². The van der Waals surface area contributed by atoms with Gasteiger partial charge in [0.15, 0.2) is 0 Å². The van der Waals surface area contributed by atoms with Crippen LogP contribution in [-0.2, 0) is 0 Å². The molecule has 2 heterocycles. The molecular weight excluding hydrogens is 346 g/mol. The first-order chi connectivity index (χ1) is 13.7. The van der Waals surface area contributed by atoms with Crippen molar-refractivity contribution in [1.29, 1.82) is 0 Å². The highest BCUT2D eigenvalue weighted by Gasteiger charge is 2.26. The molecule has 0 aliphatic carbocycles. The van der Waals surface area contributed by atoms with Crippen LogP contribution in [0.1, 0.15) is 54.6 Å². The van der Waals surface area contributed by atoms with Gasteiger partial charge in [0.25, 0.3) is 5.91 Å². The molecule has 4 heteroatoms. The fourth-order valence-corrected chi connectivity index (χ4v) is 4.52. The van der Waals surface area contributed by atoms with Crippen molar-refractivity contribution in [2.45, 2.75) is 44.7 Å². The number of hydrogen-bond acceptors (Lipinski definition) is 3. The van der Waals surface area contributed by atoms with E-state index < -0.39 is 0 Å². The molecule has 0 saturated carbocycles. The standard InChI is InChI=1S/C24H31N3O/c1-19(20-7-3-2-4-8-20)25-24(28)21-9-11-22(12-10-21)27-17-13-23(14-18-27)26-15-5-6-16-26/h2-4,7-12,19,23H,5-6,13-18H2,1H3,(H,25,28)/t19-/m1/s1. The highest BCUT2D eigenvalue weighted by atomic mass is 16.1. The second-order valence-corrected chi connectivity index (χ2v) is 8.11. The van der Waals surface area contributed by atoms with Gasteiger partial charge < -0.3 is 15.1 Å². The third-order valence-electron chi connectivity index (χ3n) is 6.26. The zero-order valence-corrected chi connectivity index (χ0v) is 16.8. The van der Waals surface area contributed by atoms with Gasteiger partial charge in [0.1, 0.15) is 0 Å². The van der Waals surface area contributed by atoms with Gasteiger partial charge in [-0.3, -0.25) is 4.79 Å². The number of carbonyl (C=O) groups excluding carboxylic acids is 1. The number of carbonyl (C=O) groups is 1. The largest absolute Gasteiger partial charge is 0.371 e. The number of anilines is 1. The first-order valence-electron chi connectivity index (χ1n) is 10.7. The van der Waals surface area contributed by atoms with Crippen LogP contribution in [0.25, 0.3) is 0 Å². The smallest absolute Gasteiger partial charge is 0.251 e. The fraction of sp³-hybridized carbons (Fsp3) is 0.458. The maximum Gasteiger partial charge on any atom is 0.251 e. The number of hydrogen-bond donors (Lipinski definition) is 1. The van der Waals surface area contributed by atoms with E-state index in [0.717, 1.165) is 30.3 Å². The molecule has 1 N–H and O–H groups in total. The van der Waals surface area contributed by atoms with Crippen LogP contribution in [-0.4, -0.2) is 43.0 Å². The van der Waals surface area contributed by atoms with Crippen LogP contribution in [0.5, 0.6) is 0 Å². The van der Waals surface area contributed by atoms with E-state index >= 15 is 0 Å². The molecule has 2 fully saturated rings. The van der Waals surface area contributed by atoms with Crippen molar-refractivity contribution in [3.8, 4) is 0 Å². The molecule has 2 saturated heterocycles. The molecule has 2 aromatic rings. The van der Waals surface area contributed by atoms with Crippen molar-refractivity contribution in [3.63, 3.8) is 0 Å². The lowest BCUT2D eigenvalue weighted by molar-refractivity contribution is 0.0940. The number of rotatable bonds is 5. The van der Waals surface area contributed by atoms with E-state index in [1.807, 2.05) is 49.4 Å². The van der Waals surface area contributed by atoms with Gasteiger partial charge in [-0.05, 0) is 75.5 Å². The molecule has 4 rings (SSSR count). The van der Waals surface area contributed by atoms with Crippen LogP contribution in [0.2, 0.25) is 0 Å². The van der Waals surface area contributed by atoms with E-state index in [2.05, 4.69) is 27.2 Å². The van der Waals surface area contributed by atoms with Gasteiger partial charge in [-0.1, -0.05) is 30.3 Å². The minimum atomic E-state index is -0.0179. The molecule has 2 aromatic carbocycles. The van der Waals surface area contributed by atoms with E-state index in [-0.39, 0.29) is 11.9 Å². The third kappa shape index (κ3) is 4.39. The molecule has 0 unspecified atom stereocenters. The molecular formula is C24H31N3O. The van der Waals surface area contributed by atoms with Crippen LogP contribution in [0.4, 0.5) is 5.69 Å². The first kappa shape index (κ1) is 19.0. The van der Waals surface area contributed by atoms with Gasteiger partial charge in [-0.2, -0.15) is 0 Å². The van der Waals surface area contributed by atoms with Crippen LogP contribution in [0.3, 0.4) is 0 Å². The van der Waals surface area contributed by atoms with Gasteiger partial charge in [0.2, 0.25) is 0 Å². The summed E-state index contributed by atoms with van der Waals surface area (Å²) in [5.41, 5.74) is 3.07. The van der Waals surface area contributed by atoms with Crippen molar-refractivity contribution in [3.05, 3.63) is 65.7 Å². The van der Waals surface area contributed by atoms with E-state index in [1.54, 1.807) is 0 Å². The molecule has 0 radical (unpaired) electrons. The minimum Gasteiger partial charge on any atom is -0.371 e. The molecule has 28 heavy (non-hydrogen) atoms. The van der Waals surface area contributed by atoms with Gasteiger partial charge in [-0.25, -0.2) is 0 Å². The number of nitrogens with one attached hydrogen (secondary N) is 1. The van der Waals surface area contributed by atoms with E-state index in [4.69, 9.17) is 0 Å². The molecule has 1 amide bonds. The SMILES string of the molecule is C[C@@H](NC(=O)c1ccc(N2CCC(N3CCCC3)CC2)cc1)c1ccccc1. The van der Waals surface area contributed by atoms with Crippen LogP contribution < -0.4 is 10.2 Å². The number of amides is 1. The van der Waals surface area contributed by atoms with Gasteiger partial charge in [-0.15, -0.1) is 0 Å². The normalized spacial score (nSPS) is 19.5. The zero-order chi connectivity index (χ0) is 19.3. The van der Waals surface area contributed by atoms with Crippen LogP contribution in [0, 0.1) is 0 Å². The molecule has 0 aromatic heterocycles. The Kier molecular flexibility index (Phi) is 5.96. The Morgan fingerprint density at radius 2 is 1.57 bits per heavy atom. The van der Waals surface area contributed by atoms with Crippen molar-refractivity contribution >= 4 is 11.6 Å². The maximum atomic E-state index is 12.6. The maximum absolute atomic E-state index is 12.6. The Hall–Kier alpha value is -2.33. The number of nitrogens with zero attached hydrogens (tertiary/aromatic N) is 2. The predicted molar refractivity (Wildman–Crippen MR) is 115 cm³/mol. The van der Waals surface area contributed by atoms with Gasteiger partial charge in [0.05, 0.1) is 6.04 Å². The quantitative estimate of drug-likeness (QED) is 0.846. The summed E-state index contributed by atoms with van der Waals surface area (Å²) in [5, 5.41) is 3.09.